The number of hydrogen-bond acceptors (Lipinski definition) is 5. The summed E-state index contributed by atoms with van der Waals surface area (Å²) >= 11 is 0. The van der Waals surface area contributed by atoms with E-state index in [0.29, 0.717) is 25.6 Å². The molecule has 7 nitrogen and oxygen atoms in total. The van der Waals surface area contributed by atoms with E-state index in [4.69, 9.17) is 9.47 Å². The molecule has 0 radical (unpaired) electrons. The quantitative estimate of drug-likeness (QED) is 0.325. The molecule has 2 rings (SSSR count). The van der Waals surface area contributed by atoms with Crippen molar-refractivity contribution < 1.29 is 9.47 Å². The van der Waals surface area contributed by atoms with Crippen LogP contribution >= 0.6 is 0 Å². The first-order valence-corrected chi connectivity index (χ1v) is 10.1. The summed E-state index contributed by atoms with van der Waals surface area (Å²) in [5, 5.41) is 6.69. The van der Waals surface area contributed by atoms with Gasteiger partial charge in [0.1, 0.15) is 6.61 Å². The second-order valence-corrected chi connectivity index (χ2v) is 6.47. The van der Waals surface area contributed by atoms with Gasteiger partial charge in [0.2, 0.25) is 5.88 Å². The largest absolute Gasteiger partial charge is 0.475 e. The Labute approximate surface area is 174 Å². The lowest BCUT2D eigenvalue weighted by Crippen LogP contribution is -2.38. The van der Waals surface area contributed by atoms with Crippen LogP contribution in [0.4, 0.5) is 5.69 Å². The van der Waals surface area contributed by atoms with Crippen LogP contribution in [0.15, 0.2) is 53.7 Å². The zero-order chi connectivity index (χ0) is 20.7. The Morgan fingerprint density at radius 1 is 1.10 bits per heavy atom. The molecule has 0 fully saturated rings. The number of nitrogens with one attached hydrogen (secondary N) is 2. The molecule has 158 valence electrons. The molecule has 7 heteroatoms. The lowest BCUT2D eigenvalue weighted by molar-refractivity contribution is 0.143. The number of aromatic nitrogens is 1. The number of rotatable bonds is 12. The Morgan fingerprint density at radius 2 is 1.93 bits per heavy atom. The third kappa shape index (κ3) is 8.39. The highest BCUT2D eigenvalue weighted by Gasteiger charge is 2.04. The van der Waals surface area contributed by atoms with E-state index in [1.54, 1.807) is 20.4 Å². The van der Waals surface area contributed by atoms with Crippen LogP contribution in [0.1, 0.15) is 18.9 Å². The highest BCUT2D eigenvalue weighted by Crippen LogP contribution is 2.12. The molecular weight excluding hydrogens is 366 g/mol. The van der Waals surface area contributed by atoms with Gasteiger partial charge in [-0.2, -0.15) is 0 Å². The van der Waals surface area contributed by atoms with E-state index in [2.05, 4.69) is 56.7 Å². The van der Waals surface area contributed by atoms with Gasteiger partial charge in [-0.15, -0.1) is 0 Å². The van der Waals surface area contributed by atoms with E-state index in [9.17, 15) is 0 Å². The van der Waals surface area contributed by atoms with Crippen LogP contribution in [0.5, 0.6) is 5.88 Å². The van der Waals surface area contributed by atoms with Crippen molar-refractivity contribution in [3.05, 3.63) is 54.2 Å². The zero-order valence-corrected chi connectivity index (χ0v) is 17.7. The van der Waals surface area contributed by atoms with Gasteiger partial charge in [-0.05, 0) is 31.0 Å². The molecule has 2 aromatic rings. The molecule has 0 spiro atoms. The minimum Gasteiger partial charge on any atom is -0.475 e. The standard InChI is InChI=1S/C22H33N5O2/c1-4-27(20-9-6-5-7-10-20)14-8-13-24-22(23-2)26-18-19-11-12-21(25-17-19)29-16-15-28-3/h5-7,9-12,17H,4,8,13-16,18H2,1-3H3,(H2,23,24,26). The van der Waals surface area contributed by atoms with Gasteiger partial charge in [0, 0.05) is 58.3 Å². The van der Waals surface area contributed by atoms with E-state index in [1.165, 1.54) is 5.69 Å². The van der Waals surface area contributed by atoms with E-state index in [0.717, 1.165) is 37.6 Å². The maximum absolute atomic E-state index is 5.48. The van der Waals surface area contributed by atoms with Crippen LogP contribution in [0.2, 0.25) is 0 Å². The van der Waals surface area contributed by atoms with Crippen LogP contribution in [0.3, 0.4) is 0 Å². The maximum Gasteiger partial charge on any atom is 0.213 e. The number of guanidine groups is 1. The molecule has 0 saturated heterocycles. The first kappa shape index (κ1) is 22.5. The zero-order valence-electron chi connectivity index (χ0n) is 17.7. The fraction of sp³-hybridized carbons (Fsp3) is 0.455. The van der Waals surface area contributed by atoms with Crippen LogP contribution in [0.25, 0.3) is 0 Å². The smallest absolute Gasteiger partial charge is 0.213 e. The van der Waals surface area contributed by atoms with Crippen LogP contribution in [-0.4, -0.2) is 57.9 Å². The normalized spacial score (nSPS) is 11.2. The van der Waals surface area contributed by atoms with Crippen molar-refractivity contribution in [1.82, 2.24) is 15.6 Å². The molecule has 1 aromatic carbocycles. The third-order valence-corrected chi connectivity index (χ3v) is 4.42. The van der Waals surface area contributed by atoms with Gasteiger partial charge in [-0.3, -0.25) is 4.99 Å². The van der Waals surface area contributed by atoms with Crippen molar-refractivity contribution in [1.29, 1.82) is 0 Å². The number of hydrogen-bond donors (Lipinski definition) is 2. The van der Waals surface area contributed by atoms with Gasteiger partial charge in [0.25, 0.3) is 0 Å². The molecular formula is C22H33N5O2. The van der Waals surface area contributed by atoms with Crippen molar-refractivity contribution in [2.24, 2.45) is 4.99 Å². The Morgan fingerprint density at radius 3 is 2.59 bits per heavy atom. The van der Waals surface area contributed by atoms with E-state index >= 15 is 0 Å². The molecule has 1 heterocycles. The number of nitrogens with zero attached hydrogens (tertiary/aromatic N) is 3. The molecule has 0 atom stereocenters. The summed E-state index contributed by atoms with van der Waals surface area (Å²) in [6, 6.07) is 14.4. The minimum absolute atomic E-state index is 0.497. The average Bonchev–Trinajstić information content (AvgIpc) is 2.77. The molecule has 0 aliphatic rings. The van der Waals surface area contributed by atoms with E-state index < -0.39 is 0 Å². The average molecular weight is 400 g/mol. The van der Waals surface area contributed by atoms with Crippen molar-refractivity contribution in [2.75, 3.05) is 51.9 Å². The predicted octanol–water partition coefficient (Wildman–Crippen LogP) is 2.69. The summed E-state index contributed by atoms with van der Waals surface area (Å²) in [4.78, 5) is 11.0. The Hall–Kier alpha value is -2.80. The molecule has 1 aromatic heterocycles. The highest BCUT2D eigenvalue weighted by atomic mass is 16.5. The Bertz CT molecular complexity index is 707. The van der Waals surface area contributed by atoms with Crippen molar-refractivity contribution in [3.63, 3.8) is 0 Å². The summed E-state index contributed by atoms with van der Waals surface area (Å²) < 4.78 is 10.4. The minimum atomic E-state index is 0.497. The van der Waals surface area contributed by atoms with Crippen LogP contribution in [0, 0.1) is 0 Å². The second kappa shape index (κ2) is 13.4. The number of benzene rings is 1. The van der Waals surface area contributed by atoms with Gasteiger partial charge in [-0.25, -0.2) is 4.98 Å². The molecule has 0 aliphatic carbocycles. The van der Waals surface area contributed by atoms with E-state index in [-0.39, 0.29) is 0 Å². The fourth-order valence-corrected chi connectivity index (χ4v) is 2.82. The SMILES string of the molecule is CCN(CCCNC(=NC)NCc1ccc(OCCOC)nc1)c1ccccc1. The summed E-state index contributed by atoms with van der Waals surface area (Å²) in [6.45, 7) is 6.73. The van der Waals surface area contributed by atoms with Crippen LogP contribution in [-0.2, 0) is 11.3 Å². The van der Waals surface area contributed by atoms with Gasteiger partial charge in [0.15, 0.2) is 5.96 Å². The Kier molecular flexibility index (Phi) is 10.4. The number of anilines is 1. The molecule has 2 N–H and O–H groups in total. The van der Waals surface area contributed by atoms with Crippen LogP contribution < -0.4 is 20.3 Å². The first-order chi connectivity index (χ1) is 14.3. The van der Waals surface area contributed by atoms with E-state index in [1.807, 2.05) is 18.2 Å². The first-order valence-electron chi connectivity index (χ1n) is 10.1. The lowest BCUT2D eigenvalue weighted by Gasteiger charge is -2.23. The predicted molar refractivity (Wildman–Crippen MR) is 119 cm³/mol. The lowest BCUT2D eigenvalue weighted by atomic mass is 10.2. The molecule has 29 heavy (non-hydrogen) atoms. The molecule has 0 aliphatic heterocycles. The highest BCUT2D eigenvalue weighted by molar-refractivity contribution is 5.79. The van der Waals surface area contributed by atoms with Crippen molar-refractivity contribution in [2.45, 2.75) is 19.9 Å². The maximum atomic E-state index is 5.48. The molecule has 0 amide bonds. The summed E-state index contributed by atoms with van der Waals surface area (Å²) in [5.74, 6) is 1.39. The number of ether oxygens (including phenoxy) is 2. The third-order valence-electron chi connectivity index (χ3n) is 4.42. The molecule has 0 unspecified atom stereocenters. The number of para-hydroxylation sites is 1. The van der Waals surface area contributed by atoms with Gasteiger partial charge < -0.3 is 25.0 Å². The van der Waals surface area contributed by atoms with Crippen molar-refractivity contribution in [3.8, 4) is 5.88 Å². The summed E-state index contributed by atoms with van der Waals surface area (Å²) in [7, 11) is 3.43. The van der Waals surface area contributed by atoms with Crippen molar-refractivity contribution >= 4 is 11.6 Å². The van der Waals surface area contributed by atoms with Gasteiger partial charge in [0.05, 0.1) is 6.61 Å². The van der Waals surface area contributed by atoms with Gasteiger partial charge in [-0.1, -0.05) is 24.3 Å². The second-order valence-electron chi connectivity index (χ2n) is 6.47. The fourth-order valence-electron chi connectivity index (χ4n) is 2.82. The number of methoxy groups -OCH3 is 1. The summed E-state index contributed by atoms with van der Waals surface area (Å²) in [5.41, 5.74) is 2.33. The monoisotopic (exact) mass is 399 g/mol. The van der Waals surface area contributed by atoms with Gasteiger partial charge >= 0.3 is 0 Å². The molecule has 0 saturated carbocycles. The Balaban J connectivity index is 1.68. The summed E-state index contributed by atoms with van der Waals surface area (Å²) in [6.07, 6.45) is 2.83. The molecule has 0 bridgehead atoms. The topological polar surface area (TPSA) is 71.0 Å². The number of aliphatic imine (C=N–C) groups is 1. The number of pyridine rings is 1.